The van der Waals surface area contributed by atoms with Gasteiger partial charge in [-0.05, 0) is 69.9 Å². The van der Waals surface area contributed by atoms with Crippen LogP contribution in [0.4, 0.5) is 4.79 Å². The van der Waals surface area contributed by atoms with Gasteiger partial charge in [0.2, 0.25) is 0 Å². The topological polar surface area (TPSA) is 74.3 Å². The fourth-order valence-electron chi connectivity index (χ4n) is 4.14. The van der Waals surface area contributed by atoms with E-state index < -0.39 is 20.0 Å². The van der Waals surface area contributed by atoms with Crippen molar-refractivity contribution < 1.29 is 28.2 Å². The van der Waals surface area contributed by atoms with E-state index >= 15 is 0 Å². The average molecular weight is 508 g/mol. The van der Waals surface area contributed by atoms with Gasteiger partial charge in [0.1, 0.15) is 11.4 Å². The maximum absolute atomic E-state index is 13.5. The maximum atomic E-state index is 13.5. The first kappa shape index (κ1) is 29.2. The second-order valence-electron chi connectivity index (χ2n) is 11.8. The highest BCUT2D eigenvalue weighted by Gasteiger charge is 2.48. The molecule has 1 fully saturated rings. The van der Waals surface area contributed by atoms with Crippen molar-refractivity contribution in [3.8, 4) is 5.75 Å². The maximum Gasteiger partial charge on any atom is 0.411 e. The zero-order valence-electron chi connectivity index (χ0n) is 23.3. The summed E-state index contributed by atoms with van der Waals surface area (Å²) in [6.07, 6.45) is 0.321. The lowest BCUT2D eigenvalue weighted by Crippen LogP contribution is -2.44. The quantitative estimate of drug-likeness (QED) is 0.302. The normalized spacial score (nSPS) is 21.1. The van der Waals surface area contributed by atoms with Crippen molar-refractivity contribution in [2.24, 2.45) is 5.92 Å². The number of nitrogens with zero attached hydrogens (tertiary/aromatic N) is 1. The Kier molecular flexibility index (Phi) is 9.44. The molecule has 1 heterocycles. The largest absolute Gasteiger partial charge is 0.497 e. The van der Waals surface area contributed by atoms with Crippen LogP contribution in [-0.4, -0.2) is 57.2 Å². The highest BCUT2D eigenvalue weighted by atomic mass is 28.4. The SMILES string of the molecule is CCOC(=O)C[C@H]1C[C@H](CO[Si](C)(C)C(C)(C)C)[C@@H](c2ccc(OC)cc2)N1C(=O)OC(C)(C)C. The molecular weight excluding hydrogens is 462 g/mol. The first-order chi connectivity index (χ1) is 16.1. The van der Waals surface area contributed by atoms with E-state index in [1.54, 1.807) is 18.9 Å². The van der Waals surface area contributed by atoms with E-state index in [-0.39, 0.29) is 35.4 Å². The van der Waals surface area contributed by atoms with Crippen molar-refractivity contribution in [2.75, 3.05) is 20.3 Å². The van der Waals surface area contributed by atoms with Gasteiger partial charge in [0.15, 0.2) is 8.32 Å². The number of methoxy groups -OCH3 is 1. The average Bonchev–Trinajstić information content (AvgIpc) is 3.08. The van der Waals surface area contributed by atoms with Gasteiger partial charge >= 0.3 is 12.1 Å². The molecular formula is C27H45NO6Si. The van der Waals surface area contributed by atoms with Crippen LogP contribution in [0.3, 0.4) is 0 Å². The monoisotopic (exact) mass is 507 g/mol. The first-order valence-corrected chi connectivity index (χ1v) is 15.4. The van der Waals surface area contributed by atoms with E-state index in [2.05, 4.69) is 33.9 Å². The molecule has 3 atom stereocenters. The van der Waals surface area contributed by atoms with Gasteiger partial charge < -0.3 is 18.6 Å². The summed E-state index contributed by atoms with van der Waals surface area (Å²) in [6, 6.07) is 7.11. The Morgan fingerprint density at radius 2 is 1.66 bits per heavy atom. The molecule has 1 aliphatic rings. The summed E-state index contributed by atoms with van der Waals surface area (Å²) in [5.74, 6) is 0.433. The van der Waals surface area contributed by atoms with E-state index in [9.17, 15) is 9.59 Å². The van der Waals surface area contributed by atoms with E-state index in [4.69, 9.17) is 18.6 Å². The number of ether oxygens (including phenoxy) is 3. The van der Waals surface area contributed by atoms with Gasteiger partial charge in [-0.1, -0.05) is 32.9 Å². The molecule has 0 N–H and O–H groups in total. The molecule has 1 saturated heterocycles. The fourth-order valence-corrected chi connectivity index (χ4v) is 5.21. The molecule has 7 nitrogen and oxygen atoms in total. The van der Waals surface area contributed by atoms with Gasteiger partial charge in [-0.25, -0.2) is 4.79 Å². The summed E-state index contributed by atoms with van der Waals surface area (Å²) < 4.78 is 23.0. The Hall–Kier alpha value is -2.06. The first-order valence-electron chi connectivity index (χ1n) is 12.5. The van der Waals surface area contributed by atoms with Crippen LogP contribution in [0.1, 0.15) is 72.9 Å². The highest BCUT2D eigenvalue weighted by molar-refractivity contribution is 6.74. The zero-order chi connectivity index (χ0) is 26.6. The van der Waals surface area contributed by atoms with Gasteiger partial charge in [0, 0.05) is 18.6 Å². The van der Waals surface area contributed by atoms with Gasteiger partial charge in [-0.2, -0.15) is 0 Å². The van der Waals surface area contributed by atoms with Gasteiger partial charge in [-0.3, -0.25) is 9.69 Å². The molecule has 0 unspecified atom stereocenters. The summed E-state index contributed by atoms with van der Waals surface area (Å²) in [6.45, 7) is 19.2. The molecule has 35 heavy (non-hydrogen) atoms. The van der Waals surface area contributed by atoms with Crippen molar-refractivity contribution in [1.82, 2.24) is 4.90 Å². The summed E-state index contributed by atoms with van der Waals surface area (Å²) >= 11 is 0. The van der Waals surface area contributed by atoms with Crippen LogP contribution in [0.5, 0.6) is 5.75 Å². The number of amides is 1. The predicted molar refractivity (Wildman–Crippen MR) is 140 cm³/mol. The minimum absolute atomic E-state index is 0.00413. The summed E-state index contributed by atoms with van der Waals surface area (Å²) in [5.41, 5.74) is 0.304. The molecule has 0 radical (unpaired) electrons. The number of benzene rings is 1. The molecule has 0 spiro atoms. The minimum Gasteiger partial charge on any atom is -0.497 e. The molecule has 1 aromatic carbocycles. The molecule has 1 aromatic rings. The molecule has 1 amide bonds. The number of hydrogen-bond donors (Lipinski definition) is 0. The van der Waals surface area contributed by atoms with Crippen LogP contribution in [0.25, 0.3) is 0 Å². The number of carbonyl (C=O) groups is 2. The number of rotatable bonds is 8. The second-order valence-corrected chi connectivity index (χ2v) is 16.6. The van der Waals surface area contributed by atoms with Crippen molar-refractivity contribution in [2.45, 2.75) is 97.1 Å². The zero-order valence-corrected chi connectivity index (χ0v) is 24.3. The number of hydrogen-bond acceptors (Lipinski definition) is 6. The Labute approximate surface area is 212 Å². The fraction of sp³-hybridized carbons (Fsp3) is 0.704. The Morgan fingerprint density at radius 3 is 2.14 bits per heavy atom. The van der Waals surface area contributed by atoms with Gasteiger partial charge in [0.25, 0.3) is 0 Å². The lowest BCUT2D eigenvalue weighted by atomic mass is 9.93. The van der Waals surface area contributed by atoms with Crippen molar-refractivity contribution >= 4 is 20.4 Å². The molecule has 0 aliphatic carbocycles. The summed E-state index contributed by atoms with van der Waals surface area (Å²) in [5, 5.41) is 0.0659. The van der Waals surface area contributed by atoms with E-state index in [1.165, 1.54) is 0 Å². The van der Waals surface area contributed by atoms with Crippen molar-refractivity contribution in [1.29, 1.82) is 0 Å². The van der Waals surface area contributed by atoms with Crippen LogP contribution < -0.4 is 4.74 Å². The summed E-state index contributed by atoms with van der Waals surface area (Å²) in [4.78, 5) is 27.8. The van der Waals surface area contributed by atoms with Gasteiger partial charge in [-0.15, -0.1) is 0 Å². The number of carbonyl (C=O) groups excluding carboxylic acids is 2. The number of esters is 1. The number of likely N-dealkylation sites (tertiary alicyclic amines) is 1. The Balaban J connectivity index is 2.48. The predicted octanol–water partition coefficient (Wildman–Crippen LogP) is 6.34. The van der Waals surface area contributed by atoms with E-state index in [0.29, 0.717) is 19.6 Å². The minimum atomic E-state index is -2.02. The van der Waals surface area contributed by atoms with E-state index in [0.717, 1.165) is 11.3 Å². The third kappa shape index (κ3) is 7.71. The molecule has 2 rings (SSSR count). The highest BCUT2D eigenvalue weighted by Crippen LogP contribution is 2.45. The van der Waals surface area contributed by atoms with Crippen molar-refractivity contribution in [3.63, 3.8) is 0 Å². The smallest absolute Gasteiger partial charge is 0.411 e. The summed E-state index contributed by atoms with van der Waals surface area (Å²) in [7, 11) is -0.390. The lowest BCUT2D eigenvalue weighted by molar-refractivity contribution is -0.144. The third-order valence-electron chi connectivity index (χ3n) is 6.95. The molecule has 1 aliphatic heterocycles. The standard InChI is InChI=1S/C27H45NO6Si/c1-11-32-23(29)17-21-16-20(18-33-35(9,10)27(5,6)7)24(19-12-14-22(31-8)15-13-19)28(21)25(30)34-26(2,3)4/h12-15,20-21,24H,11,16-18H2,1-10H3/t20-,21-,24-/m1/s1. The van der Waals surface area contributed by atoms with Crippen LogP contribution >= 0.6 is 0 Å². The van der Waals surface area contributed by atoms with Gasteiger partial charge in [0.05, 0.1) is 26.2 Å². The van der Waals surface area contributed by atoms with Crippen LogP contribution in [0.15, 0.2) is 24.3 Å². The van der Waals surface area contributed by atoms with Crippen LogP contribution in [0, 0.1) is 5.92 Å². The Morgan fingerprint density at radius 1 is 1.06 bits per heavy atom. The molecule has 0 saturated carbocycles. The second kappa shape index (κ2) is 11.3. The van der Waals surface area contributed by atoms with Crippen LogP contribution in [-0.2, 0) is 18.7 Å². The molecule has 0 bridgehead atoms. The Bertz CT molecular complexity index is 856. The third-order valence-corrected chi connectivity index (χ3v) is 11.4. The van der Waals surface area contributed by atoms with Crippen LogP contribution in [0.2, 0.25) is 18.1 Å². The molecule has 198 valence electrons. The molecule has 8 heteroatoms. The molecule has 0 aromatic heterocycles. The lowest BCUT2D eigenvalue weighted by Gasteiger charge is -2.38. The van der Waals surface area contributed by atoms with Crippen molar-refractivity contribution in [3.05, 3.63) is 29.8 Å². The van der Waals surface area contributed by atoms with E-state index in [1.807, 2.05) is 45.0 Å².